The molecule has 5 aromatic rings. The molecule has 0 saturated heterocycles. The molecule has 3 heterocycles. The van der Waals surface area contributed by atoms with Gasteiger partial charge in [0.05, 0.1) is 11.4 Å². The Morgan fingerprint density at radius 3 is 2.67 bits per heavy atom. The summed E-state index contributed by atoms with van der Waals surface area (Å²) in [6, 6.07) is 19.3. The molecule has 148 valence electrons. The molecule has 1 amide bonds. The fourth-order valence-corrected chi connectivity index (χ4v) is 4.02. The highest BCUT2D eigenvalue weighted by Crippen LogP contribution is 2.27. The molecule has 2 aromatic carbocycles. The summed E-state index contributed by atoms with van der Waals surface area (Å²) in [6.45, 7) is 3.93. The number of amides is 1. The monoisotopic (exact) mass is 414 g/mol. The summed E-state index contributed by atoms with van der Waals surface area (Å²) in [5, 5.41) is 11.0. The average molecular weight is 414 g/mol. The third-order valence-electron chi connectivity index (χ3n) is 4.74. The first kappa shape index (κ1) is 18.3. The number of carbonyl (C=O) groups excluding carboxylic acids is 1. The van der Waals surface area contributed by atoms with Crippen molar-refractivity contribution in [2.75, 3.05) is 5.32 Å². The number of benzene rings is 2. The number of rotatable bonds is 4. The van der Waals surface area contributed by atoms with Crippen LogP contribution in [0.25, 0.3) is 27.4 Å². The Labute approximate surface area is 176 Å². The van der Waals surface area contributed by atoms with Crippen LogP contribution in [-0.4, -0.2) is 20.7 Å². The van der Waals surface area contributed by atoms with E-state index in [1.54, 1.807) is 10.7 Å². The van der Waals surface area contributed by atoms with E-state index in [0.29, 0.717) is 16.5 Å². The lowest BCUT2D eigenvalue weighted by Crippen LogP contribution is -2.14. The first-order valence-electron chi connectivity index (χ1n) is 9.46. The van der Waals surface area contributed by atoms with Crippen molar-refractivity contribution in [3.63, 3.8) is 0 Å². The number of aryl methyl sites for hydroxylation is 2. The van der Waals surface area contributed by atoms with Gasteiger partial charge >= 0.3 is 0 Å². The number of anilines is 1. The Kier molecular flexibility index (Phi) is 4.44. The molecule has 3 aromatic heterocycles. The number of aromatic nitrogens is 3. The van der Waals surface area contributed by atoms with Crippen molar-refractivity contribution in [2.45, 2.75) is 13.8 Å². The van der Waals surface area contributed by atoms with Crippen LogP contribution in [0.15, 0.2) is 70.5 Å². The zero-order valence-electron chi connectivity index (χ0n) is 16.4. The minimum absolute atomic E-state index is 0.251. The molecule has 0 spiro atoms. The Bertz CT molecular complexity index is 1330. The van der Waals surface area contributed by atoms with Crippen molar-refractivity contribution in [3.8, 4) is 16.4 Å². The average Bonchev–Trinajstić information content (AvgIpc) is 3.46. The smallest absolute Gasteiger partial charge is 0.292 e. The van der Waals surface area contributed by atoms with Gasteiger partial charge in [0.25, 0.3) is 5.91 Å². The summed E-state index contributed by atoms with van der Waals surface area (Å²) in [4.78, 5) is 17.5. The number of nitrogens with zero attached hydrogens (tertiary/aromatic N) is 3. The largest absolute Gasteiger partial charge is 0.451 e. The van der Waals surface area contributed by atoms with E-state index in [4.69, 9.17) is 9.40 Å². The molecule has 0 fully saturated rings. The summed E-state index contributed by atoms with van der Waals surface area (Å²) >= 11 is 1.47. The number of carbonyl (C=O) groups is 1. The summed E-state index contributed by atoms with van der Waals surface area (Å²) in [5.74, 6) is 0.464. The van der Waals surface area contributed by atoms with E-state index in [1.807, 2.05) is 54.8 Å². The molecule has 0 aliphatic carbocycles. The number of hydrogen-bond acceptors (Lipinski definition) is 5. The van der Waals surface area contributed by atoms with Crippen LogP contribution in [0.1, 0.15) is 21.8 Å². The lowest BCUT2D eigenvalue weighted by atomic mass is 10.1. The maximum atomic E-state index is 12.8. The number of hydrogen-bond donors (Lipinski definition) is 1. The van der Waals surface area contributed by atoms with Gasteiger partial charge in [-0.1, -0.05) is 48.0 Å². The molecule has 0 unspecified atom stereocenters. The summed E-state index contributed by atoms with van der Waals surface area (Å²) < 4.78 is 7.32. The van der Waals surface area contributed by atoms with Crippen molar-refractivity contribution < 1.29 is 9.21 Å². The second kappa shape index (κ2) is 7.27. The van der Waals surface area contributed by atoms with Crippen LogP contribution in [0.3, 0.4) is 0 Å². The highest BCUT2D eigenvalue weighted by atomic mass is 32.1. The molecule has 0 atom stereocenters. The predicted octanol–water partition coefficient (Wildman–Crippen LogP) is 5.61. The molecule has 0 bridgehead atoms. The lowest BCUT2D eigenvalue weighted by Gasteiger charge is -2.05. The first-order chi connectivity index (χ1) is 14.6. The van der Waals surface area contributed by atoms with Crippen LogP contribution in [0, 0.1) is 13.8 Å². The van der Waals surface area contributed by atoms with Gasteiger partial charge in [0, 0.05) is 22.4 Å². The standard InChI is InChI=1S/C23H18N4O2S/c1-14-7-9-16(10-8-14)18-13-30-23(24-18)27-21(11-15(2)26-27)25-22(28)20-12-17-5-3-4-6-19(17)29-20/h3-13H,1-2H3,(H,25,28). The van der Waals surface area contributed by atoms with Gasteiger partial charge in [0.15, 0.2) is 5.76 Å². The molecule has 0 aliphatic heterocycles. The van der Waals surface area contributed by atoms with Crippen LogP contribution < -0.4 is 5.32 Å². The Morgan fingerprint density at radius 1 is 1.07 bits per heavy atom. The van der Waals surface area contributed by atoms with Crippen molar-refractivity contribution >= 4 is 34.0 Å². The summed E-state index contributed by atoms with van der Waals surface area (Å²) in [6.07, 6.45) is 0. The van der Waals surface area contributed by atoms with Crippen LogP contribution in [0.5, 0.6) is 0 Å². The van der Waals surface area contributed by atoms with Crippen molar-refractivity contribution in [1.82, 2.24) is 14.8 Å². The number of nitrogens with one attached hydrogen (secondary N) is 1. The third-order valence-corrected chi connectivity index (χ3v) is 5.56. The summed E-state index contributed by atoms with van der Waals surface area (Å²) in [5.41, 5.74) is 4.57. The zero-order chi connectivity index (χ0) is 20.7. The summed E-state index contributed by atoms with van der Waals surface area (Å²) in [7, 11) is 0. The quantitative estimate of drug-likeness (QED) is 0.415. The number of fused-ring (bicyclic) bond motifs is 1. The van der Waals surface area contributed by atoms with Gasteiger partial charge in [-0.2, -0.15) is 9.78 Å². The molecular weight excluding hydrogens is 396 g/mol. The van der Waals surface area contributed by atoms with Gasteiger partial charge in [-0.3, -0.25) is 4.79 Å². The second-order valence-corrected chi connectivity index (χ2v) is 7.90. The Hall–Kier alpha value is -3.71. The molecular formula is C23H18N4O2S. The van der Waals surface area contributed by atoms with Crippen LogP contribution >= 0.6 is 11.3 Å². The minimum Gasteiger partial charge on any atom is -0.451 e. The molecule has 30 heavy (non-hydrogen) atoms. The van der Waals surface area contributed by atoms with Crippen molar-refractivity contribution in [3.05, 3.63) is 83.1 Å². The Balaban J connectivity index is 1.44. The highest BCUT2D eigenvalue weighted by Gasteiger charge is 2.18. The van der Waals surface area contributed by atoms with Gasteiger partial charge in [0.2, 0.25) is 5.13 Å². The van der Waals surface area contributed by atoms with Crippen molar-refractivity contribution in [1.29, 1.82) is 0 Å². The minimum atomic E-state index is -0.331. The van der Waals surface area contributed by atoms with E-state index in [0.717, 1.165) is 22.3 Å². The maximum Gasteiger partial charge on any atom is 0.292 e. The molecule has 0 radical (unpaired) electrons. The van der Waals surface area contributed by atoms with E-state index in [1.165, 1.54) is 16.9 Å². The topological polar surface area (TPSA) is 73.0 Å². The van der Waals surface area contributed by atoms with Crippen molar-refractivity contribution in [2.24, 2.45) is 0 Å². The Morgan fingerprint density at radius 2 is 1.87 bits per heavy atom. The molecule has 5 rings (SSSR count). The first-order valence-corrected chi connectivity index (χ1v) is 10.3. The maximum absolute atomic E-state index is 12.8. The molecule has 6 nitrogen and oxygen atoms in total. The zero-order valence-corrected chi connectivity index (χ0v) is 17.2. The van der Waals surface area contributed by atoms with Gasteiger partial charge in [0.1, 0.15) is 11.4 Å². The predicted molar refractivity (Wildman–Crippen MR) is 118 cm³/mol. The number of furan rings is 1. The lowest BCUT2D eigenvalue weighted by molar-refractivity contribution is 0.0998. The van der Waals surface area contributed by atoms with Crippen LogP contribution in [0.4, 0.5) is 5.82 Å². The molecule has 7 heteroatoms. The normalized spacial score (nSPS) is 11.1. The fraction of sp³-hybridized carbons (Fsp3) is 0.0870. The third kappa shape index (κ3) is 3.40. The van der Waals surface area contributed by atoms with Crippen LogP contribution in [-0.2, 0) is 0 Å². The van der Waals surface area contributed by atoms with Gasteiger partial charge in [-0.05, 0) is 26.0 Å². The highest BCUT2D eigenvalue weighted by molar-refractivity contribution is 7.12. The van der Waals surface area contributed by atoms with Gasteiger partial charge < -0.3 is 9.73 Å². The molecule has 0 aliphatic rings. The second-order valence-electron chi connectivity index (χ2n) is 7.07. The molecule has 1 N–H and O–H groups in total. The van der Waals surface area contributed by atoms with E-state index in [2.05, 4.69) is 29.5 Å². The van der Waals surface area contributed by atoms with E-state index in [9.17, 15) is 4.79 Å². The van der Waals surface area contributed by atoms with E-state index >= 15 is 0 Å². The number of thiazole rings is 1. The van der Waals surface area contributed by atoms with E-state index in [-0.39, 0.29) is 11.7 Å². The molecule has 0 saturated carbocycles. The SMILES string of the molecule is Cc1ccc(-c2csc(-n3nc(C)cc3NC(=O)c3cc4ccccc4o3)n2)cc1. The number of para-hydroxylation sites is 1. The van der Waals surface area contributed by atoms with E-state index < -0.39 is 0 Å². The van der Waals surface area contributed by atoms with Gasteiger partial charge in [-0.25, -0.2) is 4.98 Å². The van der Waals surface area contributed by atoms with Crippen LogP contribution in [0.2, 0.25) is 0 Å². The fourth-order valence-electron chi connectivity index (χ4n) is 3.22. The van der Waals surface area contributed by atoms with Gasteiger partial charge in [-0.15, -0.1) is 11.3 Å².